The zero-order valence-corrected chi connectivity index (χ0v) is 8.25. The molecule has 0 radical (unpaired) electrons. The van der Waals surface area contributed by atoms with E-state index < -0.39 is 12.0 Å². The Kier molecular flexibility index (Phi) is 1.79. The molecule has 0 bridgehead atoms. The van der Waals surface area contributed by atoms with Crippen LogP contribution in [-0.4, -0.2) is 12.0 Å². The number of benzene rings is 1. The third-order valence-corrected chi connectivity index (χ3v) is 3.40. The van der Waals surface area contributed by atoms with Gasteiger partial charge >= 0.3 is 0 Å². The Morgan fingerprint density at radius 3 is 2.93 bits per heavy atom. The Bertz CT molecular complexity index is 389. The summed E-state index contributed by atoms with van der Waals surface area (Å²) in [5, 5.41) is 0. The number of hydrogen-bond donors (Lipinski definition) is 0. The highest BCUT2D eigenvalue weighted by Crippen LogP contribution is 2.46. The van der Waals surface area contributed by atoms with Gasteiger partial charge in [0.05, 0.1) is 0 Å². The third-order valence-electron chi connectivity index (χ3n) is 3.40. The Morgan fingerprint density at radius 2 is 2.07 bits per heavy atom. The van der Waals surface area contributed by atoms with Crippen LogP contribution in [0.4, 0.5) is 8.78 Å². The number of fused-ring (bicyclic) bond motifs is 2. The van der Waals surface area contributed by atoms with Gasteiger partial charge in [-0.3, -0.25) is 0 Å². The van der Waals surface area contributed by atoms with Crippen molar-refractivity contribution >= 4 is 0 Å². The van der Waals surface area contributed by atoms with E-state index in [2.05, 4.69) is 0 Å². The average molecular weight is 210 g/mol. The molecule has 1 saturated carbocycles. The number of alkyl halides is 2. The zero-order valence-electron chi connectivity index (χ0n) is 8.25. The molecule has 1 aliphatic heterocycles. The molecule has 1 aromatic rings. The van der Waals surface area contributed by atoms with Crippen molar-refractivity contribution in [3.8, 4) is 5.75 Å². The Hall–Kier alpha value is -1.12. The van der Waals surface area contributed by atoms with Crippen molar-refractivity contribution in [1.29, 1.82) is 0 Å². The van der Waals surface area contributed by atoms with E-state index in [1.54, 1.807) is 6.07 Å². The second-order valence-electron chi connectivity index (χ2n) is 4.41. The van der Waals surface area contributed by atoms with Crippen LogP contribution in [0.5, 0.6) is 5.75 Å². The number of halogens is 2. The van der Waals surface area contributed by atoms with Gasteiger partial charge in [-0.15, -0.1) is 0 Å². The molecule has 0 saturated heterocycles. The van der Waals surface area contributed by atoms with Crippen molar-refractivity contribution in [3.05, 3.63) is 29.8 Å². The molecule has 2 unspecified atom stereocenters. The molecule has 80 valence electrons. The molecule has 1 fully saturated rings. The van der Waals surface area contributed by atoms with Crippen molar-refractivity contribution in [2.75, 3.05) is 0 Å². The number of para-hydroxylation sites is 1. The number of rotatable bonds is 0. The van der Waals surface area contributed by atoms with Crippen molar-refractivity contribution in [3.63, 3.8) is 0 Å². The highest BCUT2D eigenvalue weighted by atomic mass is 19.3. The molecular weight excluding hydrogens is 198 g/mol. The summed E-state index contributed by atoms with van der Waals surface area (Å²) >= 11 is 0. The van der Waals surface area contributed by atoms with Gasteiger partial charge in [0, 0.05) is 12.3 Å². The van der Waals surface area contributed by atoms with E-state index >= 15 is 0 Å². The largest absolute Gasteiger partial charge is 0.484 e. The lowest BCUT2D eigenvalue weighted by Crippen LogP contribution is -2.40. The van der Waals surface area contributed by atoms with Gasteiger partial charge in [-0.05, 0) is 24.5 Å². The van der Waals surface area contributed by atoms with E-state index in [1.807, 2.05) is 18.2 Å². The van der Waals surface area contributed by atoms with Gasteiger partial charge in [0.25, 0.3) is 5.92 Å². The van der Waals surface area contributed by atoms with Crippen molar-refractivity contribution < 1.29 is 13.5 Å². The van der Waals surface area contributed by atoms with Crippen molar-refractivity contribution in [2.45, 2.75) is 31.3 Å². The minimum absolute atomic E-state index is 0.00472. The maximum absolute atomic E-state index is 13.4. The third kappa shape index (κ3) is 1.33. The van der Waals surface area contributed by atoms with E-state index in [-0.39, 0.29) is 12.3 Å². The van der Waals surface area contributed by atoms with Crippen LogP contribution in [0.1, 0.15) is 18.4 Å². The first-order valence-corrected chi connectivity index (χ1v) is 5.29. The Morgan fingerprint density at radius 1 is 1.27 bits per heavy atom. The molecule has 2 atom stereocenters. The number of ether oxygens (including phenoxy) is 1. The van der Waals surface area contributed by atoms with Crippen LogP contribution in [0.2, 0.25) is 0 Å². The zero-order chi connectivity index (χ0) is 10.5. The Balaban J connectivity index is 1.97. The molecule has 0 spiro atoms. The van der Waals surface area contributed by atoms with Gasteiger partial charge in [0.1, 0.15) is 5.75 Å². The molecule has 1 heterocycles. The second kappa shape index (κ2) is 2.94. The summed E-state index contributed by atoms with van der Waals surface area (Å²) in [5.74, 6) is -2.01. The molecule has 1 aromatic carbocycles. The first-order valence-electron chi connectivity index (χ1n) is 5.29. The van der Waals surface area contributed by atoms with E-state index in [4.69, 9.17) is 4.74 Å². The van der Waals surface area contributed by atoms with Crippen LogP contribution in [0, 0.1) is 5.92 Å². The molecule has 15 heavy (non-hydrogen) atoms. The highest BCUT2D eigenvalue weighted by molar-refractivity contribution is 5.36. The molecule has 3 heteroatoms. The van der Waals surface area contributed by atoms with E-state index in [1.165, 1.54) is 0 Å². The standard InChI is InChI=1S/C12H12F2O/c13-12(14)6-5-9-7-8-3-1-2-4-10(8)15-11(9)12/h1-4,9,11H,5-7H2. The van der Waals surface area contributed by atoms with Crippen LogP contribution >= 0.6 is 0 Å². The summed E-state index contributed by atoms with van der Waals surface area (Å²) < 4.78 is 32.3. The van der Waals surface area contributed by atoms with E-state index in [0.717, 1.165) is 12.0 Å². The maximum atomic E-state index is 13.4. The highest BCUT2D eigenvalue weighted by Gasteiger charge is 2.53. The van der Waals surface area contributed by atoms with Crippen molar-refractivity contribution in [2.24, 2.45) is 5.92 Å². The van der Waals surface area contributed by atoms with Crippen LogP contribution in [-0.2, 0) is 6.42 Å². The maximum Gasteiger partial charge on any atom is 0.284 e. The van der Waals surface area contributed by atoms with E-state index in [9.17, 15) is 8.78 Å². The summed E-state index contributed by atoms with van der Waals surface area (Å²) in [4.78, 5) is 0. The molecule has 3 rings (SSSR count). The molecule has 0 aromatic heterocycles. The van der Waals surface area contributed by atoms with Crippen LogP contribution in [0.3, 0.4) is 0 Å². The topological polar surface area (TPSA) is 9.23 Å². The van der Waals surface area contributed by atoms with Crippen LogP contribution in [0.15, 0.2) is 24.3 Å². The van der Waals surface area contributed by atoms with Crippen LogP contribution in [0.25, 0.3) is 0 Å². The number of hydrogen-bond acceptors (Lipinski definition) is 1. The lowest BCUT2D eigenvalue weighted by molar-refractivity contribution is -0.0899. The van der Waals surface area contributed by atoms with Gasteiger partial charge in [-0.1, -0.05) is 18.2 Å². The molecular formula is C12H12F2O. The van der Waals surface area contributed by atoms with E-state index in [0.29, 0.717) is 12.2 Å². The fourth-order valence-electron chi connectivity index (χ4n) is 2.61. The monoisotopic (exact) mass is 210 g/mol. The average Bonchev–Trinajstić information content (AvgIpc) is 2.52. The lowest BCUT2D eigenvalue weighted by Gasteiger charge is -2.31. The van der Waals surface area contributed by atoms with Gasteiger partial charge in [-0.25, -0.2) is 8.78 Å². The summed E-state index contributed by atoms with van der Waals surface area (Å²) in [7, 11) is 0. The molecule has 0 N–H and O–H groups in total. The SMILES string of the molecule is FC1(F)CCC2Cc3ccccc3OC21. The Labute approximate surface area is 87.1 Å². The molecule has 1 aliphatic carbocycles. The first-order chi connectivity index (χ1) is 7.17. The minimum Gasteiger partial charge on any atom is -0.484 e. The summed E-state index contributed by atoms with van der Waals surface area (Å²) in [5.41, 5.74) is 1.07. The van der Waals surface area contributed by atoms with Gasteiger partial charge in [-0.2, -0.15) is 0 Å². The van der Waals surface area contributed by atoms with Gasteiger partial charge < -0.3 is 4.74 Å². The quantitative estimate of drug-likeness (QED) is 0.639. The fraction of sp³-hybridized carbons (Fsp3) is 0.500. The fourth-order valence-corrected chi connectivity index (χ4v) is 2.61. The normalized spacial score (nSPS) is 31.6. The minimum atomic E-state index is -2.64. The molecule has 1 nitrogen and oxygen atoms in total. The predicted molar refractivity (Wildman–Crippen MR) is 52.2 cm³/mol. The van der Waals surface area contributed by atoms with Gasteiger partial charge in [0.2, 0.25) is 0 Å². The summed E-state index contributed by atoms with van der Waals surface area (Å²) in [6.07, 6.45) is 0.381. The smallest absolute Gasteiger partial charge is 0.284 e. The summed E-state index contributed by atoms with van der Waals surface area (Å²) in [6.45, 7) is 0. The second-order valence-corrected chi connectivity index (χ2v) is 4.41. The first kappa shape index (κ1) is 9.13. The lowest BCUT2D eigenvalue weighted by atomic mass is 9.92. The molecule has 2 aliphatic rings. The van der Waals surface area contributed by atoms with Crippen molar-refractivity contribution in [1.82, 2.24) is 0 Å². The van der Waals surface area contributed by atoms with Crippen LogP contribution < -0.4 is 4.74 Å². The summed E-state index contributed by atoms with van der Waals surface area (Å²) in [6, 6.07) is 7.49. The van der Waals surface area contributed by atoms with Gasteiger partial charge in [0.15, 0.2) is 6.10 Å². The molecule has 0 amide bonds. The predicted octanol–water partition coefficient (Wildman–Crippen LogP) is 3.04.